The zero-order chi connectivity index (χ0) is 12.3. The van der Waals surface area contributed by atoms with Crippen molar-refractivity contribution >= 4 is 24.7 Å². The Morgan fingerprint density at radius 2 is 2.24 bits per heavy atom. The molecular formula is C11H21N5S. The number of thiol groups is 1. The molecule has 1 saturated carbocycles. The summed E-state index contributed by atoms with van der Waals surface area (Å²) in [6.45, 7) is 5.11. The third-order valence-corrected chi connectivity index (χ3v) is 3.34. The summed E-state index contributed by atoms with van der Waals surface area (Å²) in [4.78, 5) is 8.90. The van der Waals surface area contributed by atoms with Gasteiger partial charge in [0, 0.05) is 12.6 Å². The first-order chi connectivity index (χ1) is 8.20. The number of hydrogen-bond acceptors (Lipinski definition) is 6. The SMILES string of the molecule is CCCCNC1=NC(C)N(S)C(NC2CC2)=N1. The van der Waals surface area contributed by atoms with Gasteiger partial charge in [-0.15, -0.1) is 0 Å². The average molecular weight is 255 g/mol. The quantitative estimate of drug-likeness (QED) is 0.525. The molecule has 1 heterocycles. The molecule has 1 atom stereocenters. The lowest BCUT2D eigenvalue weighted by molar-refractivity contribution is 0.502. The van der Waals surface area contributed by atoms with Crippen LogP contribution in [0.2, 0.25) is 0 Å². The highest BCUT2D eigenvalue weighted by molar-refractivity contribution is 7.78. The van der Waals surface area contributed by atoms with Crippen molar-refractivity contribution in [2.45, 2.75) is 51.7 Å². The predicted molar refractivity (Wildman–Crippen MR) is 74.2 cm³/mol. The van der Waals surface area contributed by atoms with Gasteiger partial charge >= 0.3 is 0 Å². The van der Waals surface area contributed by atoms with Crippen molar-refractivity contribution in [1.82, 2.24) is 14.9 Å². The number of aliphatic imine (C=N–C) groups is 2. The first kappa shape index (κ1) is 12.5. The van der Waals surface area contributed by atoms with Gasteiger partial charge in [0.05, 0.1) is 0 Å². The molecule has 1 unspecified atom stereocenters. The molecule has 0 amide bonds. The van der Waals surface area contributed by atoms with Crippen LogP contribution in [0.15, 0.2) is 9.98 Å². The van der Waals surface area contributed by atoms with Gasteiger partial charge in [0.2, 0.25) is 11.9 Å². The summed E-state index contributed by atoms with van der Waals surface area (Å²) in [6, 6.07) is 0.575. The van der Waals surface area contributed by atoms with E-state index in [1.165, 1.54) is 19.3 Å². The van der Waals surface area contributed by atoms with Gasteiger partial charge in [0.15, 0.2) is 0 Å². The fraction of sp³-hybridized carbons (Fsp3) is 0.818. The number of unbranched alkanes of at least 4 members (excludes halogenated alkanes) is 1. The van der Waals surface area contributed by atoms with E-state index in [0.717, 1.165) is 24.9 Å². The third-order valence-electron chi connectivity index (χ3n) is 2.82. The molecule has 1 aliphatic heterocycles. The molecule has 0 aromatic rings. The highest BCUT2D eigenvalue weighted by Gasteiger charge is 2.27. The van der Waals surface area contributed by atoms with Gasteiger partial charge in [-0.1, -0.05) is 26.2 Å². The summed E-state index contributed by atoms with van der Waals surface area (Å²) < 4.78 is 1.78. The van der Waals surface area contributed by atoms with E-state index in [1.807, 2.05) is 6.92 Å². The second kappa shape index (κ2) is 5.62. The van der Waals surface area contributed by atoms with Crippen LogP contribution in [0.1, 0.15) is 39.5 Å². The Bertz CT molecular complexity index is 324. The van der Waals surface area contributed by atoms with Crippen molar-refractivity contribution in [3.63, 3.8) is 0 Å². The van der Waals surface area contributed by atoms with Crippen molar-refractivity contribution in [2.24, 2.45) is 9.98 Å². The van der Waals surface area contributed by atoms with Crippen LogP contribution in [0.5, 0.6) is 0 Å². The van der Waals surface area contributed by atoms with Crippen molar-refractivity contribution < 1.29 is 0 Å². The summed E-state index contributed by atoms with van der Waals surface area (Å²) in [5.74, 6) is 1.54. The largest absolute Gasteiger partial charge is 0.354 e. The Kier molecular flexibility index (Phi) is 4.15. The van der Waals surface area contributed by atoms with Gasteiger partial charge in [0.25, 0.3) is 0 Å². The number of hydrogen-bond donors (Lipinski definition) is 3. The normalized spacial score (nSPS) is 24.2. The van der Waals surface area contributed by atoms with E-state index < -0.39 is 0 Å². The van der Waals surface area contributed by atoms with Crippen LogP contribution >= 0.6 is 12.8 Å². The van der Waals surface area contributed by atoms with Crippen molar-refractivity contribution in [2.75, 3.05) is 6.54 Å². The van der Waals surface area contributed by atoms with Crippen LogP contribution in [0, 0.1) is 0 Å². The van der Waals surface area contributed by atoms with Gasteiger partial charge in [-0.3, -0.25) is 4.31 Å². The lowest BCUT2D eigenvalue weighted by Crippen LogP contribution is -2.46. The third kappa shape index (κ3) is 3.52. The topological polar surface area (TPSA) is 52.0 Å². The summed E-state index contributed by atoms with van der Waals surface area (Å²) in [7, 11) is 0. The highest BCUT2D eigenvalue weighted by Crippen LogP contribution is 2.20. The lowest BCUT2D eigenvalue weighted by Gasteiger charge is -2.28. The molecule has 2 rings (SSSR count). The fourth-order valence-electron chi connectivity index (χ4n) is 1.56. The van der Waals surface area contributed by atoms with Gasteiger partial charge in [-0.25, -0.2) is 4.99 Å². The second-order valence-electron chi connectivity index (χ2n) is 4.56. The molecule has 0 saturated heterocycles. The smallest absolute Gasteiger partial charge is 0.223 e. The highest BCUT2D eigenvalue weighted by atomic mass is 32.1. The molecule has 2 aliphatic rings. The Balaban J connectivity index is 1.94. The van der Waals surface area contributed by atoms with Gasteiger partial charge in [-0.05, 0) is 26.2 Å². The fourth-order valence-corrected chi connectivity index (χ4v) is 1.71. The number of guanidine groups is 2. The minimum atomic E-state index is 0.0150. The molecule has 0 radical (unpaired) electrons. The molecule has 0 spiro atoms. The zero-order valence-corrected chi connectivity index (χ0v) is 11.4. The average Bonchev–Trinajstić information content (AvgIpc) is 3.09. The van der Waals surface area contributed by atoms with E-state index in [2.05, 4.69) is 40.4 Å². The minimum Gasteiger partial charge on any atom is -0.354 e. The molecule has 96 valence electrons. The Morgan fingerprint density at radius 3 is 2.88 bits per heavy atom. The Labute approximate surface area is 108 Å². The number of nitrogens with one attached hydrogen (secondary N) is 2. The first-order valence-electron chi connectivity index (χ1n) is 6.35. The lowest BCUT2D eigenvalue weighted by atomic mass is 10.3. The van der Waals surface area contributed by atoms with E-state index in [4.69, 9.17) is 0 Å². The summed E-state index contributed by atoms with van der Waals surface area (Å²) in [6.07, 6.45) is 4.78. The van der Waals surface area contributed by atoms with E-state index in [-0.39, 0.29) is 6.17 Å². The molecule has 0 aromatic carbocycles. The molecule has 17 heavy (non-hydrogen) atoms. The maximum atomic E-state index is 4.46. The molecule has 0 bridgehead atoms. The van der Waals surface area contributed by atoms with Crippen LogP contribution < -0.4 is 10.6 Å². The molecule has 0 aromatic heterocycles. The predicted octanol–water partition coefficient (Wildman–Crippen LogP) is 1.35. The second-order valence-corrected chi connectivity index (χ2v) is 4.99. The monoisotopic (exact) mass is 255 g/mol. The standard InChI is InChI=1S/C11H21N5S/c1-3-4-7-12-10-13-8(2)16(17)11(15-10)14-9-5-6-9/h8-9,17H,3-7H2,1-2H3,(H2,12,13,14,15). The molecule has 2 N–H and O–H groups in total. The Morgan fingerprint density at radius 1 is 1.47 bits per heavy atom. The molecular weight excluding hydrogens is 234 g/mol. The molecule has 1 fully saturated rings. The molecule has 6 heteroatoms. The van der Waals surface area contributed by atoms with E-state index in [9.17, 15) is 0 Å². The van der Waals surface area contributed by atoms with Crippen molar-refractivity contribution in [3.05, 3.63) is 0 Å². The van der Waals surface area contributed by atoms with E-state index >= 15 is 0 Å². The van der Waals surface area contributed by atoms with Crippen LogP contribution in [0.3, 0.4) is 0 Å². The van der Waals surface area contributed by atoms with E-state index in [1.54, 1.807) is 4.31 Å². The minimum absolute atomic E-state index is 0.0150. The van der Waals surface area contributed by atoms with E-state index in [0.29, 0.717) is 6.04 Å². The molecule has 1 aliphatic carbocycles. The molecule has 5 nitrogen and oxygen atoms in total. The maximum Gasteiger partial charge on any atom is 0.223 e. The maximum absolute atomic E-state index is 4.46. The summed E-state index contributed by atoms with van der Waals surface area (Å²) >= 11 is 4.41. The van der Waals surface area contributed by atoms with Crippen LogP contribution in [-0.4, -0.2) is 35.0 Å². The summed E-state index contributed by atoms with van der Waals surface area (Å²) in [5.41, 5.74) is 0. The van der Waals surface area contributed by atoms with Gasteiger partial charge in [0.1, 0.15) is 6.17 Å². The zero-order valence-electron chi connectivity index (χ0n) is 10.5. The summed E-state index contributed by atoms with van der Waals surface area (Å²) in [5, 5.41) is 6.63. The van der Waals surface area contributed by atoms with Crippen molar-refractivity contribution in [3.8, 4) is 0 Å². The Hall–Kier alpha value is -0.910. The number of nitrogens with zero attached hydrogens (tertiary/aromatic N) is 3. The first-order valence-corrected chi connectivity index (χ1v) is 6.75. The van der Waals surface area contributed by atoms with Crippen LogP contribution in [-0.2, 0) is 0 Å². The van der Waals surface area contributed by atoms with Gasteiger partial charge < -0.3 is 10.6 Å². The van der Waals surface area contributed by atoms with Crippen molar-refractivity contribution in [1.29, 1.82) is 0 Å². The number of rotatable bonds is 4. The van der Waals surface area contributed by atoms with Crippen LogP contribution in [0.25, 0.3) is 0 Å². The van der Waals surface area contributed by atoms with Gasteiger partial charge in [-0.2, -0.15) is 4.99 Å². The van der Waals surface area contributed by atoms with Crippen LogP contribution in [0.4, 0.5) is 0 Å².